The third-order valence-corrected chi connectivity index (χ3v) is 3.52. The van der Waals surface area contributed by atoms with Crippen LogP contribution in [0.4, 0.5) is 17.5 Å². The fraction of sp³-hybridized carbons (Fsp3) is 0.111. The summed E-state index contributed by atoms with van der Waals surface area (Å²) in [6.07, 6.45) is 0. The number of rotatable bonds is 5. The Labute approximate surface area is 140 Å². The number of halogens is 1. The molecule has 3 aromatic rings. The maximum atomic E-state index is 5.90. The molecule has 1 heterocycles. The first-order valence-corrected chi connectivity index (χ1v) is 7.73. The molecule has 2 N–H and O–H groups in total. The molecule has 0 amide bonds. The standard InChI is InChI=1S/C18H17ClN4/c1-13-11-17(20-12-14-5-3-2-4-6-14)23-18(21-13)22-16-9-7-15(19)8-10-16/h2-11H,12H2,1H3,(H2,20,21,22,23). The van der Waals surface area contributed by atoms with E-state index in [-0.39, 0.29) is 0 Å². The Balaban J connectivity index is 1.72. The molecule has 0 aliphatic carbocycles. The number of hydrogen-bond donors (Lipinski definition) is 2. The highest BCUT2D eigenvalue weighted by Crippen LogP contribution is 2.18. The molecule has 0 aliphatic rings. The van der Waals surface area contributed by atoms with E-state index in [4.69, 9.17) is 11.6 Å². The van der Waals surface area contributed by atoms with E-state index in [0.717, 1.165) is 23.7 Å². The van der Waals surface area contributed by atoms with Gasteiger partial charge in [0.2, 0.25) is 5.95 Å². The second kappa shape index (κ2) is 7.11. The van der Waals surface area contributed by atoms with Crippen molar-refractivity contribution < 1.29 is 0 Å². The molecule has 0 atom stereocenters. The molecule has 0 bridgehead atoms. The molecule has 3 rings (SSSR count). The molecule has 0 saturated carbocycles. The van der Waals surface area contributed by atoms with Gasteiger partial charge >= 0.3 is 0 Å². The molecule has 23 heavy (non-hydrogen) atoms. The van der Waals surface area contributed by atoms with E-state index >= 15 is 0 Å². The van der Waals surface area contributed by atoms with Crippen LogP contribution in [0.1, 0.15) is 11.3 Å². The van der Waals surface area contributed by atoms with Crippen molar-refractivity contribution in [3.05, 3.63) is 76.9 Å². The zero-order valence-electron chi connectivity index (χ0n) is 12.8. The lowest BCUT2D eigenvalue weighted by atomic mass is 10.2. The molecule has 0 aliphatic heterocycles. The van der Waals surface area contributed by atoms with Crippen LogP contribution in [0.25, 0.3) is 0 Å². The van der Waals surface area contributed by atoms with E-state index in [1.54, 1.807) is 0 Å². The van der Waals surface area contributed by atoms with Gasteiger partial charge in [-0.2, -0.15) is 4.98 Å². The van der Waals surface area contributed by atoms with E-state index in [1.807, 2.05) is 55.5 Å². The van der Waals surface area contributed by atoms with Crippen LogP contribution in [0.15, 0.2) is 60.7 Å². The van der Waals surface area contributed by atoms with Crippen LogP contribution in [-0.2, 0) is 6.54 Å². The number of anilines is 3. The van der Waals surface area contributed by atoms with Crippen LogP contribution < -0.4 is 10.6 Å². The minimum Gasteiger partial charge on any atom is -0.366 e. The van der Waals surface area contributed by atoms with Gasteiger partial charge in [0.1, 0.15) is 5.82 Å². The quantitative estimate of drug-likeness (QED) is 0.708. The first kappa shape index (κ1) is 15.3. The Kier molecular flexibility index (Phi) is 4.74. The van der Waals surface area contributed by atoms with Crippen molar-refractivity contribution in [2.24, 2.45) is 0 Å². The maximum absolute atomic E-state index is 5.90. The van der Waals surface area contributed by atoms with Gasteiger partial charge in [0, 0.05) is 29.0 Å². The lowest BCUT2D eigenvalue weighted by Gasteiger charge is -2.10. The molecule has 0 spiro atoms. The number of aryl methyl sites for hydroxylation is 1. The van der Waals surface area contributed by atoms with Crippen molar-refractivity contribution in [2.45, 2.75) is 13.5 Å². The zero-order valence-corrected chi connectivity index (χ0v) is 13.5. The number of benzene rings is 2. The SMILES string of the molecule is Cc1cc(NCc2ccccc2)nc(Nc2ccc(Cl)cc2)n1. The molecule has 5 heteroatoms. The molecule has 0 saturated heterocycles. The normalized spacial score (nSPS) is 10.3. The Bertz CT molecular complexity index is 773. The molecule has 116 valence electrons. The Morgan fingerprint density at radius 3 is 2.43 bits per heavy atom. The molecule has 2 aromatic carbocycles. The van der Waals surface area contributed by atoms with E-state index in [0.29, 0.717) is 11.0 Å². The van der Waals surface area contributed by atoms with Crippen LogP contribution >= 0.6 is 11.6 Å². The first-order chi connectivity index (χ1) is 11.2. The van der Waals surface area contributed by atoms with E-state index < -0.39 is 0 Å². The average molecular weight is 325 g/mol. The van der Waals surface area contributed by atoms with Crippen LogP contribution in [-0.4, -0.2) is 9.97 Å². The lowest BCUT2D eigenvalue weighted by Crippen LogP contribution is -2.05. The minimum absolute atomic E-state index is 0.558. The minimum atomic E-state index is 0.558. The van der Waals surface area contributed by atoms with Gasteiger partial charge in [-0.1, -0.05) is 41.9 Å². The van der Waals surface area contributed by atoms with Crippen LogP contribution in [0.3, 0.4) is 0 Å². The van der Waals surface area contributed by atoms with Crippen molar-refractivity contribution in [3.63, 3.8) is 0 Å². The van der Waals surface area contributed by atoms with E-state index in [9.17, 15) is 0 Å². The highest BCUT2D eigenvalue weighted by Gasteiger charge is 2.03. The second-order valence-electron chi connectivity index (χ2n) is 5.19. The van der Waals surface area contributed by atoms with Gasteiger partial charge in [-0.15, -0.1) is 0 Å². The van der Waals surface area contributed by atoms with Gasteiger partial charge in [-0.25, -0.2) is 4.98 Å². The summed E-state index contributed by atoms with van der Waals surface area (Å²) in [6, 6.07) is 19.6. The van der Waals surface area contributed by atoms with Crippen molar-refractivity contribution in [1.82, 2.24) is 9.97 Å². The predicted molar refractivity (Wildman–Crippen MR) is 95.3 cm³/mol. The molecule has 0 fully saturated rings. The smallest absolute Gasteiger partial charge is 0.229 e. The van der Waals surface area contributed by atoms with Crippen molar-refractivity contribution in [2.75, 3.05) is 10.6 Å². The summed E-state index contributed by atoms with van der Waals surface area (Å²) in [5.41, 5.74) is 3.00. The first-order valence-electron chi connectivity index (χ1n) is 7.35. The number of aromatic nitrogens is 2. The average Bonchev–Trinajstić information content (AvgIpc) is 2.56. The van der Waals surface area contributed by atoms with Gasteiger partial charge in [0.05, 0.1) is 0 Å². The monoisotopic (exact) mass is 324 g/mol. The molecule has 0 radical (unpaired) electrons. The second-order valence-corrected chi connectivity index (χ2v) is 5.63. The maximum Gasteiger partial charge on any atom is 0.229 e. The molecule has 0 unspecified atom stereocenters. The van der Waals surface area contributed by atoms with Gasteiger partial charge < -0.3 is 10.6 Å². The fourth-order valence-corrected chi connectivity index (χ4v) is 2.29. The summed E-state index contributed by atoms with van der Waals surface area (Å²) in [6.45, 7) is 2.67. The summed E-state index contributed by atoms with van der Waals surface area (Å²) in [7, 11) is 0. The Morgan fingerprint density at radius 2 is 1.70 bits per heavy atom. The van der Waals surface area contributed by atoms with Gasteiger partial charge in [0.25, 0.3) is 0 Å². The van der Waals surface area contributed by atoms with Crippen LogP contribution in [0.5, 0.6) is 0 Å². The van der Waals surface area contributed by atoms with Gasteiger partial charge in [-0.05, 0) is 36.8 Å². The third kappa shape index (κ3) is 4.44. The van der Waals surface area contributed by atoms with E-state index in [1.165, 1.54) is 5.56 Å². The number of nitrogens with zero attached hydrogens (tertiary/aromatic N) is 2. The summed E-state index contributed by atoms with van der Waals surface area (Å²) in [5.74, 6) is 1.35. The predicted octanol–water partition coefficient (Wildman–Crippen LogP) is 4.79. The highest BCUT2D eigenvalue weighted by atomic mass is 35.5. The summed E-state index contributed by atoms with van der Waals surface area (Å²) in [5, 5.41) is 7.21. The van der Waals surface area contributed by atoms with Crippen LogP contribution in [0.2, 0.25) is 5.02 Å². The van der Waals surface area contributed by atoms with Crippen molar-refractivity contribution >= 4 is 29.1 Å². The van der Waals surface area contributed by atoms with Gasteiger partial charge in [-0.3, -0.25) is 0 Å². The van der Waals surface area contributed by atoms with Crippen molar-refractivity contribution in [1.29, 1.82) is 0 Å². The highest BCUT2D eigenvalue weighted by molar-refractivity contribution is 6.30. The Morgan fingerprint density at radius 1 is 0.957 bits per heavy atom. The fourth-order valence-electron chi connectivity index (χ4n) is 2.17. The topological polar surface area (TPSA) is 49.8 Å². The molecule has 1 aromatic heterocycles. The summed E-state index contributed by atoms with van der Waals surface area (Å²) >= 11 is 5.90. The molecule has 4 nitrogen and oxygen atoms in total. The van der Waals surface area contributed by atoms with Crippen LogP contribution in [0, 0.1) is 6.92 Å². The summed E-state index contributed by atoms with van der Waals surface area (Å²) in [4.78, 5) is 8.91. The molecular weight excluding hydrogens is 308 g/mol. The number of hydrogen-bond acceptors (Lipinski definition) is 4. The zero-order chi connectivity index (χ0) is 16.1. The lowest BCUT2D eigenvalue weighted by molar-refractivity contribution is 1.06. The summed E-state index contributed by atoms with van der Waals surface area (Å²) < 4.78 is 0. The molecular formula is C18H17ClN4. The largest absolute Gasteiger partial charge is 0.366 e. The third-order valence-electron chi connectivity index (χ3n) is 3.27. The van der Waals surface area contributed by atoms with Gasteiger partial charge in [0.15, 0.2) is 0 Å². The number of nitrogens with one attached hydrogen (secondary N) is 2. The van der Waals surface area contributed by atoms with E-state index in [2.05, 4.69) is 32.7 Å². The van der Waals surface area contributed by atoms with Crippen molar-refractivity contribution in [3.8, 4) is 0 Å². The Hall–Kier alpha value is -2.59.